The highest BCUT2D eigenvalue weighted by atomic mass is 32.2. The van der Waals surface area contributed by atoms with E-state index in [1.54, 1.807) is 0 Å². The van der Waals surface area contributed by atoms with Gasteiger partial charge in [-0.25, -0.2) is 9.78 Å². The number of benzene rings is 2. The van der Waals surface area contributed by atoms with Gasteiger partial charge in [0.15, 0.2) is 10.9 Å². The SMILES string of the molecule is CC(C)Cn1c(N)c(C(=O)CSc2nc3ccccc3n2-c2ccccc2)c(=O)[nH]c1=O. The third-order valence-corrected chi connectivity index (χ3v) is 5.88. The van der Waals surface area contributed by atoms with Gasteiger partial charge in [-0.3, -0.25) is 23.7 Å². The van der Waals surface area contributed by atoms with Gasteiger partial charge in [0.1, 0.15) is 11.4 Å². The molecule has 4 aromatic rings. The molecule has 3 N–H and O–H groups in total. The summed E-state index contributed by atoms with van der Waals surface area (Å²) >= 11 is 1.22. The summed E-state index contributed by atoms with van der Waals surface area (Å²) in [5, 5.41) is 0.622. The van der Waals surface area contributed by atoms with E-state index in [0.717, 1.165) is 16.7 Å². The zero-order valence-corrected chi connectivity index (χ0v) is 18.6. The molecule has 0 atom stereocenters. The van der Waals surface area contributed by atoms with Crippen LogP contribution in [0.1, 0.15) is 24.2 Å². The molecule has 0 aliphatic carbocycles. The number of fused-ring (bicyclic) bond motifs is 1. The number of carbonyl (C=O) groups is 1. The number of nitrogens with two attached hydrogens (primary N) is 1. The number of para-hydroxylation sites is 3. The number of Topliss-reactive ketones (excluding diaryl/α,β-unsaturated/α-hetero) is 1. The molecule has 0 aliphatic heterocycles. The van der Waals surface area contributed by atoms with Crippen LogP contribution in [0.25, 0.3) is 16.7 Å². The Balaban J connectivity index is 1.69. The molecule has 8 nitrogen and oxygen atoms in total. The average Bonchev–Trinajstić information content (AvgIpc) is 3.14. The largest absolute Gasteiger partial charge is 0.384 e. The van der Waals surface area contributed by atoms with Crippen LogP contribution in [0, 0.1) is 5.92 Å². The van der Waals surface area contributed by atoms with E-state index < -0.39 is 17.0 Å². The summed E-state index contributed by atoms with van der Waals surface area (Å²) in [7, 11) is 0. The van der Waals surface area contributed by atoms with Crippen molar-refractivity contribution >= 4 is 34.4 Å². The first-order valence-electron chi connectivity index (χ1n) is 10.2. The number of nitrogen functional groups attached to an aromatic ring is 1. The molecule has 0 aliphatic rings. The maximum absolute atomic E-state index is 13.0. The number of nitrogens with one attached hydrogen (secondary N) is 1. The van der Waals surface area contributed by atoms with Crippen LogP contribution >= 0.6 is 11.8 Å². The van der Waals surface area contributed by atoms with Gasteiger partial charge in [0.2, 0.25) is 0 Å². The van der Waals surface area contributed by atoms with Gasteiger partial charge in [-0.2, -0.15) is 0 Å². The first-order chi connectivity index (χ1) is 15.4. The number of aromatic amines is 1. The van der Waals surface area contributed by atoms with Crippen LogP contribution in [0.5, 0.6) is 0 Å². The maximum Gasteiger partial charge on any atom is 0.329 e. The van der Waals surface area contributed by atoms with Crippen LogP contribution < -0.4 is 17.0 Å². The van der Waals surface area contributed by atoms with Crippen LogP contribution in [0.15, 0.2) is 69.3 Å². The number of H-pyrrole nitrogens is 1. The number of rotatable bonds is 7. The highest BCUT2D eigenvalue weighted by Gasteiger charge is 2.21. The van der Waals surface area contributed by atoms with E-state index in [4.69, 9.17) is 5.73 Å². The normalized spacial score (nSPS) is 11.3. The second-order valence-corrected chi connectivity index (χ2v) is 8.73. The van der Waals surface area contributed by atoms with Crippen molar-refractivity contribution in [2.45, 2.75) is 25.5 Å². The van der Waals surface area contributed by atoms with Crippen molar-refractivity contribution in [2.24, 2.45) is 5.92 Å². The van der Waals surface area contributed by atoms with Crippen molar-refractivity contribution in [3.05, 3.63) is 81.0 Å². The summed E-state index contributed by atoms with van der Waals surface area (Å²) < 4.78 is 3.21. The molecule has 32 heavy (non-hydrogen) atoms. The minimum atomic E-state index is -0.769. The quantitative estimate of drug-likeness (QED) is 0.331. The Morgan fingerprint density at radius 3 is 2.50 bits per heavy atom. The fourth-order valence-electron chi connectivity index (χ4n) is 3.53. The van der Waals surface area contributed by atoms with Gasteiger partial charge >= 0.3 is 5.69 Å². The van der Waals surface area contributed by atoms with Gasteiger partial charge in [-0.1, -0.05) is 55.9 Å². The minimum absolute atomic E-state index is 0.0523. The fraction of sp³-hybridized carbons (Fsp3) is 0.217. The Kier molecular flexibility index (Phi) is 6.00. The number of aromatic nitrogens is 4. The molecule has 0 amide bonds. The minimum Gasteiger partial charge on any atom is -0.384 e. The number of nitrogens with zero attached hydrogens (tertiary/aromatic N) is 3. The number of hydrogen-bond donors (Lipinski definition) is 2. The van der Waals surface area contributed by atoms with Crippen molar-refractivity contribution in [3.63, 3.8) is 0 Å². The van der Waals surface area contributed by atoms with Crippen molar-refractivity contribution in [3.8, 4) is 5.69 Å². The lowest BCUT2D eigenvalue weighted by Crippen LogP contribution is -2.37. The molecule has 0 unspecified atom stereocenters. The third kappa shape index (κ3) is 4.11. The Morgan fingerprint density at radius 1 is 1.09 bits per heavy atom. The fourth-order valence-corrected chi connectivity index (χ4v) is 4.43. The maximum atomic E-state index is 13.0. The first kappa shape index (κ1) is 21.6. The van der Waals surface area contributed by atoms with Crippen molar-refractivity contribution < 1.29 is 4.79 Å². The van der Waals surface area contributed by atoms with Gasteiger partial charge in [0.05, 0.1) is 16.8 Å². The van der Waals surface area contributed by atoms with E-state index >= 15 is 0 Å². The molecule has 0 bridgehead atoms. The number of hydrogen-bond acceptors (Lipinski definition) is 6. The lowest BCUT2D eigenvalue weighted by molar-refractivity contribution is 0.102. The molecule has 164 valence electrons. The summed E-state index contributed by atoms with van der Waals surface area (Å²) in [5.74, 6) is -0.500. The lowest BCUT2D eigenvalue weighted by Gasteiger charge is -2.14. The molecule has 9 heteroatoms. The molecule has 4 rings (SSSR count). The zero-order chi connectivity index (χ0) is 22.8. The van der Waals surface area contributed by atoms with Crippen LogP contribution in [0.2, 0.25) is 0 Å². The highest BCUT2D eigenvalue weighted by molar-refractivity contribution is 7.99. The van der Waals surface area contributed by atoms with Crippen molar-refractivity contribution in [1.82, 2.24) is 19.1 Å². The third-order valence-electron chi connectivity index (χ3n) is 4.94. The highest BCUT2D eigenvalue weighted by Crippen LogP contribution is 2.28. The van der Waals surface area contributed by atoms with E-state index in [0.29, 0.717) is 11.7 Å². The Labute approximate surface area is 188 Å². The molecule has 0 fully saturated rings. The second-order valence-electron chi connectivity index (χ2n) is 7.79. The Morgan fingerprint density at radius 2 is 1.78 bits per heavy atom. The molecule has 0 saturated heterocycles. The molecular formula is C23H23N5O3S. The molecular weight excluding hydrogens is 426 g/mol. The van der Waals surface area contributed by atoms with Gasteiger partial charge < -0.3 is 5.73 Å². The second kappa shape index (κ2) is 8.88. The van der Waals surface area contributed by atoms with Crippen LogP contribution in [-0.4, -0.2) is 30.6 Å². The summed E-state index contributed by atoms with van der Waals surface area (Å²) in [4.78, 5) is 44.4. The van der Waals surface area contributed by atoms with Gasteiger partial charge in [0.25, 0.3) is 5.56 Å². The van der Waals surface area contributed by atoms with E-state index in [2.05, 4.69) is 9.97 Å². The standard InChI is InChI=1S/C23H23N5O3S/c1-14(2)12-27-20(24)19(21(30)26-22(27)31)18(29)13-32-23-25-16-10-6-7-11-17(16)28(23)15-8-4-3-5-9-15/h3-11,14H,12-13,24H2,1-2H3,(H,26,30,31). The van der Waals surface area contributed by atoms with Gasteiger partial charge in [-0.15, -0.1) is 0 Å². The number of ketones is 1. The molecule has 2 aromatic carbocycles. The average molecular weight is 450 g/mol. The Hall–Kier alpha value is -3.59. The summed E-state index contributed by atoms with van der Waals surface area (Å²) in [6.07, 6.45) is 0. The number of thioether (sulfide) groups is 1. The molecule has 0 saturated carbocycles. The summed E-state index contributed by atoms with van der Waals surface area (Å²) in [6, 6.07) is 17.4. The van der Waals surface area contributed by atoms with Crippen LogP contribution in [-0.2, 0) is 6.54 Å². The predicted molar refractivity (Wildman–Crippen MR) is 127 cm³/mol. The monoisotopic (exact) mass is 449 g/mol. The topological polar surface area (TPSA) is 116 Å². The van der Waals surface area contributed by atoms with E-state index in [1.807, 2.05) is 73.0 Å². The smallest absolute Gasteiger partial charge is 0.329 e. The molecule has 2 heterocycles. The number of imidazole rings is 1. The van der Waals surface area contributed by atoms with E-state index in [-0.39, 0.29) is 23.1 Å². The Bertz CT molecular complexity index is 1400. The predicted octanol–water partition coefficient (Wildman–Crippen LogP) is 3.09. The molecule has 0 radical (unpaired) electrons. The summed E-state index contributed by atoms with van der Waals surface area (Å²) in [6.45, 7) is 4.14. The summed E-state index contributed by atoms with van der Waals surface area (Å²) in [5.41, 5.74) is 7.13. The first-order valence-corrected chi connectivity index (χ1v) is 11.2. The molecule has 0 spiro atoms. The van der Waals surface area contributed by atoms with Crippen LogP contribution in [0.3, 0.4) is 0 Å². The zero-order valence-electron chi connectivity index (χ0n) is 17.7. The molecule has 2 aromatic heterocycles. The van der Waals surface area contributed by atoms with Gasteiger partial charge in [-0.05, 0) is 30.2 Å². The number of anilines is 1. The van der Waals surface area contributed by atoms with Crippen molar-refractivity contribution in [2.75, 3.05) is 11.5 Å². The van der Waals surface area contributed by atoms with Crippen molar-refractivity contribution in [1.29, 1.82) is 0 Å². The van der Waals surface area contributed by atoms with Gasteiger partial charge in [0, 0.05) is 12.2 Å². The lowest BCUT2D eigenvalue weighted by atomic mass is 10.2. The van der Waals surface area contributed by atoms with E-state index in [9.17, 15) is 14.4 Å². The number of carbonyl (C=O) groups excluding carboxylic acids is 1. The van der Waals surface area contributed by atoms with E-state index in [1.165, 1.54) is 16.3 Å². The van der Waals surface area contributed by atoms with Crippen LogP contribution in [0.4, 0.5) is 5.82 Å².